The quantitative estimate of drug-likeness (QED) is 0.739. The van der Waals surface area contributed by atoms with E-state index in [-0.39, 0.29) is 29.4 Å². The minimum Gasteiger partial charge on any atom is -0.506 e. The van der Waals surface area contributed by atoms with E-state index in [0.717, 1.165) is 25.7 Å². The van der Waals surface area contributed by atoms with Crippen molar-refractivity contribution in [3.63, 3.8) is 0 Å². The highest BCUT2D eigenvalue weighted by molar-refractivity contribution is 6.01. The van der Waals surface area contributed by atoms with Crippen LogP contribution in [0, 0.1) is 5.92 Å². The van der Waals surface area contributed by atoms with Crippen molar-refractivity contribution in [2.75, 3.05) is 19.8 Å². The van der Waals surface area contributed by atoms with Gasteiger partial charge in [0.25, 0.3) is 11.5 Å². The first-order chi connectivity index (χ1) is 15.4. The van der Waals surface area contributed by atoms with Gasteiger partial charge < -0.3 is 15.2 Å². The zero-order valence-corrected chi connectivity index (χ0v) is 19.2. The highest BCUT2D eigenvalue weighted by atomic mass is 16.5. The lowest BCUT2D eigenvalue weighted by molar-refractivity contribution is -0.0377. The number of rotatable bonds is 5. The summed E-state index contributed by atoms with van der Waals surface area (Å²) in [5.41, 5.74) is -0.289. The number of amides is 1. The molecule has 0 spiro atoms. The van der Waals surface area contributed by atoms with Crippen LogP contribution in [0.25, 0.3) is 11.0 Å². The number of aromatic hydroxyl groups is 1. The largest absolute Gasteiger partial charge is 0.506 e. The number of carbonyl (C=O) groups excluding carboxylic acids is 1. The maximum absolute atomic E-state index is 13.4. The smallest absolute Gasteiger partial charge is 0.268 e. The maximum Gasteiger partial charge on any atom is 0.268 e. The summed E-state index contributed by atoms with van der Waals surface area (Å²) in [6.45, 7) is 8.75. The summed E-state index contributed by atoms with van der Waals surface area (Å²) in [6.07, 6.45) is 5.49. The van der Waals surface area contributed by atoms with Gasteiger partial charge in [0.15, 0.2) is 0 Å². The first-order valence-corrected chi connectivity index (χ1v) is 11.7. The second-order valence-corrected chi connectivity index (χ2v) is 9.46. The van der Waals surface area contributed by atoms with Crippen molar-refractivity contribution in [3.8, 4) is 5.75 Å². The van der Waals surface area contributed by atoms with Gasteiger partial charge in [0.2, 0.25) is 0 Å². The first-order valence-electron chi connectivity index (χ1n) is 11.7. The zero-order valence-electron chi connectivity index (χ0n) is 19.2. The summed E-state index contributed by atoms with van der Waals surface area (Å²) in [5.74, 6) is -0.130. The number of fused-ring (bicyclic) bond motifs is 1. The number of hydrogen-bond donors (Lipinski definition) is 2. The van der Waals surface area contributed by atoms with Crippen molar-refractivity contribution in [2.24, 2.45) is 5.92 Å². The van der Waals surface area contributed by atoms with Crippen LogP contribution in [0.1, 0.15) is 56.8 Å². The maximum atomic E-state index is 13.4. The number of hydrogen-bond acceptors (Lipinski definition) is 6. The first kappa shape index (κ1) is 22.7. The summed E-state index contributed by atoms with van der Waals surface area (Å²) in [6, 6.07) is 3.91. The normalized spacial score (nSPS) is 26.8. The molecule has 2 aliphatic rings. The molecular weight excluding hydrogens is 408 g/mol. The van der Waals surface area contributed by atoms with Crippen molar-refractivity contribution < 1.29 is 14.6 Å². The van der Waals surface area contributed by atoms with E-state index in [0.29, 0.717) is 43.3 Å². The molecule has 32 heavy (non-hydrogen) atoms. The molecule has 2 N–H and O–H groups in total. The predicted molar refractivity (Wildman–Crippen MR) is 123 cm³/mol. The van der Waals surface area contributed by atoms with Gasteiger partial charge in [-0.3, -0.25) is 19.1 Å². The molecule has 2 fully saturated rings. The van der Waals surface area contributed by atoms with E-state index in [1.165, 1.54) is 4.57 Å². The second kappa shape index (κ2) is 9.58. The van der Waals surface area contributed by atoms with Crippen molar-refractivity contribution in [1.82, 2.24) is 19.8 Å². The third-order valence-electron chi connectivity index (χ3n) is 7.00. The van der Waals surface area contributed by atoms with Crippen molar-refractivity contribution in [1.29, 1.82) is 0 Å². The van der Waals surface area contributed by atoms with Gasteiger partial charge in [-0.15, -0.1) is 0 Å². The van der Waals surface area contributed by atoms with Gasteiger partial charge in [-0.2, -0.15) is 0 Å². The fourth-order valence-electron chi connectivity index (χ4n) is 5.03. The molecule has 1 aliphatic carbocycles. The van der Waals surface area contributed by atoms with E-state index in [1.807, 2.05) is 0 Å². The molecule has 0 unspecified atom stereocenters. The molecule has 1 saturated heterocycles. The number of ether oxygens (including phenoxy) is 1. The molecule has 1 saturated carbocycles. The van der Waals surface area contributed by atoms with Crippen LogP contribution in [-0.2, 0) is 11.3 Å². The van der Waals surface area contributed by atoms with E-state index in [1.54, 1.807) is 18.3 Å². The Kier molecular flexibility index (Phi) is 6.81. The van der Waals surface area contributed by atoms with Crippen LogP contribution >= 0.6 is 0 Å². The van der Waals surface area contributed by atoms with E-state index in [2.05, 4.69) is 36.0 Å². The molecule has 8 nitrogen and oxygen atoms in total. The summed E-state index contributed by atoms with van der Waals surface area (Å²) in [4.78, 5) is 33.2. The van der Waals surface area contributed by atoms with Crippen LogP contribution in [0.5, 0.6) is 5.75 Å². The SMILES string of the molecule is C[C@@H]1COC[C@H](C)N1CCn1c(=O)c(C(=O)N[C@H]2CC[C@@H](C)CC2)c(O)c2cccnc21. The molecule has 0 aromatic carbocycles. The van der Waals surface area contributed by atoms with Gasteiger partial charge in [-0.1, -0.05) is 6.92 Å². The Labute approximate surface area is 188 Å². The fourth-order valence-corrected chi connectivity index (χ4v) is 5.03. The lowest BCUT2D eigenvalue weighted by Gasteiger charge is -2.38. The summed E-state index contributed by atoms with van der Waals surface area (Å²) in [5, 5.41) is 14.3. The van der Waals surface area contributed by atoms with Crippen molar-refractivity contribution >= 4 is 16.9 Å². The summed E-state index contributed by atoms with van der Waals surface area (Å²) >= 11 is 0. The molecule has 0 radical (unpaired) electrons. The van der Waals surface area contributed by atoms with Crippen molar-refractivity contribution in [2.45, 2.75) is 71.1 Å². The molecule has 2 aromatic rings. The van der Waals surface area contributed by atoms with Gasteiger partial charge in [-0.25, -0.2) is 4.98 Å². The van der Waals surface area contributed by atoms with E-state index in [9.17, 15) is 14.7 Å². The van der Waals surface area contributed by atoms with Crippen LogP contribution in [0.15, 0.2) is 23.1 Å². The molecular formula is C24H34N4O4. The van der Waals surface area contributed by atoms with E-state index >= 15 is 0 Å². The topological polar surface area (TPSA) is 96.7 Å². The summed E-state index contributed by atoms with van der Waals surface area (Å²) in [7, 11) is 0. The lowest BCUT2D eigenvalue weighted by Crippen LogP contribution is -2.51. The third-order valence-corrected chi connectivity index (χ3v) is 7.00. The van der Waals surface area contributed by atoms with Crippen LogP contribution in [0.3, 0.4) is 0 Å². The standard InChI is InChI=1S/C24H34N4O4/c1-15-6-8-18(9-7-15)26-23(30)20-21(29)19-5-4-10-25-22(19)28(24(20)31)12-11-27-16(2)13-32-14-17(27)3/h4-5,10,15-18,29H,6-9,11-14H2,1-3H3,(H,26,30)/t15-,16-,17+,18+. The van der Waals surface area contributed by atoms with Crippen LogP contribution in [0.2, 0.25) is 0 Å². The third kappa shape index (κ3) is 4.52. The minimum absolute atomic E-state index is 0.0330. The molecule has 1 aliphatic heterocycles. The Morgan fingerprint density at radius 1 is 1.16 bits per heavy atom. The molecule has 1 amide bonds. The average molecular weight is 443 g/mol. The van der Waals surface area contributed by atoms with Crippen molar-refractivity contribution in [3.05, 3.63) is 34.2 Å². The van der Waals surface area contributed by atoms with Gasteiger partial charge in [0, 0.05) is 37.4 Å². The lowest BCUT2D eigenvalue weighted by atomic mass is 9.87. The monoisotopic (exact) mass is 442 g/mol. The van der Waals surface area contributed by atoms with Crippen LogP contribution in [-0.4, -0.2) is 63.3 Å². The van der Waals surface area contributed by atoms with E-state index < -0.39 is 11.5 Å². The zero-order chi connectivity index (χ0) is 22.8. The average Bonchev–Trinajstić information content (AvgIpc) is 2.77. The van der Waals surface area contributed by atoms with Gasteiger partial charge in [0.1, 0.15) is 17.0 Å². The molecule has 0 bridgehead atoms. The highest BCUT2D eigenvalue weighted by Crippen LogP contribution is 2.27. The highest BCUT2D eigenvalue weighted by Gasteiger charge is 2.28. The Morgan fingerprint density at radius 2 is 1.84 bits per heavy atom. The Morgan fingerprint density at radius 3 is 2.53 bits per heavy atom. The Bertz CT molecular complexity index is 1020. The molecule has 2 aromatic heterocycles. The number of carbonyl (C=O) groups is 1. The fraction of sp³-hybridized carbons (Fsp3) is 0.625. The second-order valence-electron chi connectivity index (χ2n) is 9.46. The molecule has 4 rings (SSSR count). The Balaban J connectivity index is 1.65. The molecule has 2 atom stereocenters. The van der Waals surface area contributed by atoms with E-state index in [4.69, 9.17) is 4.74 Å². The van der Waals surface area contributed by atoms with Crippen LogP contribution < -0.4 is 10.9 Å². The number of aromatic nitrogens is 2. The van der Waals surface area contributed by atoms with Gasteiger partial charge in [-0.05, 0) is 57.6 Å². The number of nitrogens with one attached hydrogen (secondary N) is 1. The number of morpholine rings is 1. The molecule has 8 heteroatoms. The Hall–Kier alpha value is -2.45. The number of nitrogens with zero attached hydrogens (tertiary/aromatic N) is 3. The molecule has 174 valence electrons. The summed E-state index contributed by atoms with van der Waals surface area (Å²) < 4.78 is 7.14. The van der Waals surface area contributed by atoms with Gasteiger partial charge in [0.05, 0.1) is 18.6 Å². The predicted octanol–water partition coefficient (Wildman–Crippen LogP) is 2.52. The molecule has 3 heterocycles. The van der Waals surface area contributed by atoms with Gasteiger partial charge >= 0.3 is 0 Å². The number of pyridine rings is 2. The minimum atomic E-state index is -0.500. The van der Waals surface area contributed by atoms with Crippen LogP contribution in [0.4, 0.5) is 0 Å².